The van der Waals surface area contributed by atoms with Crippen LogP contribution in [0.15, 0.2) is 109 Å². The van der Waals surface area contributed by atoms with Crippen molar-refractivity contribution in [3.63, 3.8) is 0 Å². The van der Waals surface area contributed by atoms with Gasteiger partial charge in [-0.3, -0.25) is 9.59 Å². The first-order valence-electron chi connectivity index (χ1n) is 16.9. The normalized spacial score (nSPS) is 15.8. The molecule has 0 aliphatic carbocycles. The van der Waals surface area contributed by atoms with E-state index in [9.17, 15) is 19.2 Å². The molecule has 0 bridgehead atoms. The molecule has 0 unspecified atom stereocenters. The van der Waals surface area contributed by atoms with E-state index in [1.165, 1.54) is 0 Å². The van der Waals surface area contributed by atoms with Crippen LogP contribution < -0.4 is 20.1 Å². The van der Waals surface area contributed by atoms with Crippen LogP contribution >= 0.6 is 0 Å². The zero-order valence-corrected chi connectivity index (χ0v) is 28.6. The van der Waals surface area contributed by atoms with E-state index >= 15 is 0 Å². The van der Waals surface area contributed by atoms with Crippen molar-refractivity contribution < 1.29 is 42.9 Å². The van der Waals surface area contributed by atoms with Crippen molar-refractivity contribution in [2.45, 2.75) is 64.2 Å². The Kier molecular flexibility index (Phi) is 13.2. The Balaban J connectivity index is 1.23. The lowest BCUT2D eigenvalue weighted by Crippen LogP contribution is -2.48. The Labute approximate surface area is 297 Å². The lowest BCUT2D eigenvalue weighted by atomic mass is 10.0. The van der Waals surface area contributed by atoms with Crippen LogP contribution in [0.2, 0.25) is 0 Å². The molecular formula is C40H42N2O9. The van der Waals surface area contributed by atoms with Gasteiger partial charge in [0.05, 0.1) is 13.2 Å². The fourth-order valence-electron chi connectivity index (χ4n) is 5.31. The predicted molar refractivity (Wildman–Crippen MR) is 188 cm³/mol. The average molecular weight is 695 g/mol. The Morgan fingerprint density at radius 2 is 0.922 bits per heavy atom. The first-order chi connectivity index (χ1) is 24.8. The van der Waals surface area contributed by atoms with Crippen LogP contribution in [0.5, 0.6) is 11.5 Å². The van der Waals surface area contributed by atoms with Crippen molar-refractivity contribution in [1.29, 1.82) is 0 Å². The molecule has 0 spiro atoms. The van der Waals surface area contributed by atoms with Gasteiger partial charge in [-0.25, -0.2) is 9.59 Å². The number of carbonyl (C=O) groups excluding carboxylic acids is 4. The topological polar surface area (TPSA) is 142 Å². The molecule has 1 heterocycles. The maximum atomic E-state index is 13.3. The summed E-state index contributed by atoms with van der Waals surface area (Å²) in [5.41, 5.74) is 3.11. The van der Waals surface area contributed by atoms with Crippen LogP contribution in [0.1, 0.15) is 36.1 Å². The van der Waals surface area contributed by atoms with Gasteiger partial charge in [0.2, 0.25) is 0 Å². The fourth-order valence-corrected chi connectivity index (χ4v) is 5.31. The van der Waals surface area contributed by atoms with Gasteiger partial charge in [0.1, 0.15) is 36.8 Å². The highest BCUT2D eigenvalue weighted by Crippen LogP contribution is 2.24. The molecule has 2 amide bonds. The van der Waals surface area contributed by atoms with Gasteiger partial charge in [0.25, 0.3) is 11.8 Å². The lowest BCUT2D eigenvalue weighted by molar-refractivity contribution is -0.149. The van der Waals surface area contributed by atoms with E-state index in [1.54, 1.807) is 48.5 Å². The molecule has 0 aromatic heterocycles. The molecule has 1 aliphatic heterocycles. The molecule has 11 heteroatoms. The summed E-state index contributed by atoms with van der Waals surface area (Å²) in [4.78, 5) is 53.2. The van der Waals surface area contributed by atoms with Gasteiger partial charge in [0.15, 0.2) is 12.2 Å². The van der Waals surface area contributed by atoms with Crippen LogP contribution in [0.4, 0.5) is 0 Å². The third kappa shape index (κ3) is 11.2. The zero-order chi connectivity index (χ0) is 36.0. The molecule has 51 heavy (non-hydrogen) atoms. The minimum absolute atomic E-state index is 0.0242. The third-order valence-electron chi connectivity index (χ3n) is 8.01. The average Bonchev–Trinajstić information content (AvgIpc) is 3.97. The number of rotatable bonds is 18. The molecule has 0 radical (unpaired) electrons. The van der Waals surface area contributed by atoms with Gasteiger partial charge in [0, 0.05) is 12.8 Å². The molecule has 1 saturated heterocycles. The quantitative estimate of drug-likeness (QED) is 0.114. The van der Waals surface area contributed by atoms with Crippen LogP contribution in [0.3, 0.4) is 0 Å². The molecule has 5 rings (SSSR count). The maximum absolute atomic E-state index is 13.3. The Bertz CT molecular complexity index is 1600. The van der Waals surface area contributed by atoms with Gasteiger partial charge in [-0.05, 0) is 60.4 Å². The number of ether oxygens (including phenoxy) is 5. The van der Waals surface area contributed by atoms with Gasteiger partial charge < -0.3 is 34.3 Å². The molecule has 4 atom stereocenters. The largest absolute Gasteiger partial charge is 0.494 e. The summed E-state index contributed by atoms with van der Waals surface area (Å²) in [7, 11) is 0. The predicted octanol–water partition coefficient (Wildman–Crippen LogP) is 4.49. The van der Waals surface area contributed by atoms with Crippen LogP contribution in [-0.4, -0.2) is 61.3 Å². The Hall–Kier alpha value is -5.68. The number of hydrogen-bond acceptors (Lipinski definition) is 9. The molecule has 1 fully saturated rings. The van der Waals surface area contributed by atoms with Gasteiger partial charge in [-0.15, -0.1) is 0 Å². The molecule has 11 nitrogen and oxygen atoms in total. The second kappa shape index (κ2) is 18.4. The minimum Gasteiger partial charge on any atom is -0.494 e. The number of hydrogen-bond donors (Lipinski definition) is 2. The molecule has 1 aliphatic rings. The highest BCUT2D eigenvalue weighted by Gasteiger charge is 2.51. The number of benzene rings is 4. The van der Waals surface area contributed by atoms with E-state index in [0.717, 1.165) is 22.3 Å². The summed E-state index contributed by atoms with van der Waals surface area (Å²) < 4.78 is 27.6. The maximum Gasteiger partial charge on any atom is 0.329 e. The van der Waals surface area contributed by atoms with Crippen LogP contribution in [0.25, 0.3) is 0 Å². The number of epoxide rings is 1. The third-order valence-corrected chi connectivity index (χ3v) is 8.01. The fraction of sp³-hybridized carbons (Fsp3) is 0.300. The van der Waals surface area contributed by atoms with Crippen molar-refractivity contribution in [1.82, 2.24) is 10.6 Å². The van der Waals surface area contributed by atoms with E-state index in [-0.39, 0.29) is 26.1 Å². The monoisotopic (exact) mass is 694 g/mol. The van der Waals surface area contributed by atoms with E-state index in [4.69, 9.17) is 23.7 Å². The highest BCUT2D eigenvalue weighted by molar-refractivity contribution is 5.97. The van der Waals surface area contributed by atoms with Gasteiger partial charge in [-0.1, -0.05) is 84.9 Å². The number of amides is 2. The molecule has 4 aromatic carbocycles. The molecular weight excluding hydrogens is 652 g/mol. The van der Waals surface area contributed by atoms with E-state index < -0.39 is 48.0 Å². The summed E-state index contributed by atoms with van der Waals surface area (Å²) in [6.07, 6.45) is -2.07. The van der Waals surface area contributed by atoms with Gasteiger partial charge >= 0.3 is 11.9 Å². The standard InChI is InChI=1S/C40H42N2O9/c1-3-47-31-19-15-27(16-20-31)23-33(39(45)49-25-29-11-7-5-8-12-29)41-37(43)35-36(51-35)38(44)42-34(24-28-17-21-32(22-18-28)48-4-2)40(46)50-26-30-13-9-6-10-14-30/h5-22,33-36H,3-4,23-26H2,1-2H3,(H,41,43)(H,42,44)/t33-,34-,35-,36-/m0/s1. The molecule has 266 valence electrons. The van der Waals surface area contributed by atoms with Crippen LogP contribution in [0, 0.1) is 0 Å². The SMILES string of the molecule is CCOc1ccc(C[C@H](NC(=O)[C@H]2O[C@@H]2C(=O)N[C@@H](Cc2ccc(OCC)cc2)C(=O)OCc2ccccc2)C(=O)OCc2ccccc2)cc1. The smallest absolute Gasteiger partial charge is 0.329 e. The van der Waals surface area contributed by atoms with Crippen LogP contribution in [-0.2, 0) is 59.4 Å². The van der Waals surface area contributed by atoms with E-state index in [0.29, 0.717) is 24.7 Å². The highest BCUT2D eigenvalue weighted by atomic mass is 16.6. The molecule has 0 saturated carbocycles. The number of carbonyl (C=O) groups is 4. The van der Waals surface area contributed by atoms with Crippen molar-refractivity contribution in [3.8, 4) is 11.5 Å². The van der Waals surface area contributed by atoms with Crippen molar-refractivity contribution >= 4 is 23.8 Å². The summed E-state index contributed by atoms with van der Waals surface area (Å²) in [5.74, 6) is -1.23. The lowest BCUT2D eigenvalue weighted by Gasteiger charge is -2.18. The van der Waals surface area contributed by atoms with Crippen molar-refractivity contribution in [3.05, 3.63) is 131 Å². The first kappa shape index (κ1) is 36.6. The summed E-state index contributed by atoms with van der Waals surface area (Å²) in [6, 6.07) is 30.6. The number of esters is 2. The Morgan fingerprint density at radius 1 is 0.549 bits per heavy atom. The number of nitrogens with one attached hydrogen (secondary N) is 2. The zero-order valence-electron chi connectivity index (χ0n) is 28.6. The Morgan fingerprint density at radius 3 is 1.27 bits per heavy atom. The van der Waals surface area contributed by atoms with Gasteiger partial charge in [-0.2, -0.15) is 0 Å². The second-order valence-electron chi connectivity index (χ2n) is 11.8. The summed E-state index contributed by atoms with van der Waals surface area (Å²) >= 11 is 0. The second-order valence-corrected chi connectivity index (χ2v) is 11.8. The van der Waals surface area contributed by atoms with E-state index in [2.05, 4.69) is 10.6 Å². The van der Waals surface area contributed by atoms with Crippen molar-refractivity contribution in [2.24, 2.45) is 0 Å². The summed E-state index contributed by atoms with van der Waals surface area (Å²) in [6.45, 7) is 4.84. The summed E-state index contributed by atoms with van der Waals surface area (Å²) in [5, 5.41) is 5.41. The molecule has 2 N–H and O–H groups in total. The van der Waals surface area contributed by atoms with Crippen molar-refractivity contribution in [2.75, 3.05) is 13.2 Å². The van der Waals surface area contributed by atoms with E-state index in [1.807, 2.05) is 74.5 Å². The minimum atomic E-state index is -1.17. The molecule has 4 aromatic rings. The first-order valence-corrected chi connectivity index (χ1v) is 16.9.